The lowest BCUT2D eigenvalue weighted by Crippen LogP contribution is -2.31. The van der Waals surface area contributed by atoms with Gasteiger partial charge < -0.3 is 0 Å². The number of allylic oxidation sites excluding steroid dienone is 4. The van der Waals surface area contributed by atoms with Crippen LogP contribution in [0.15, 0.2) is 109 Å². The second-order valence-electron chi connectivity index (χ2n) is 12.5. The zero-order valence-corrected chi connectivity index (χ0v) is 22.4. The predicted molar refractivity (Wildman–Crippen MR) is 159 cm³/mol. The van der Waals surface area contributed by atoms with Crippen molar-refractivity contribution in [3.05, 3.63) is 131 Å². The smallest absolute Gasteiger partial charge is 0.0702 e. The van der Waals surface area contributed by atoms with Gasteiger partial charge in [-0.1, -0.05) is 113 Å². The van der Waals surface area contributed by atoms with E-state index in [0.29, 0.717) is 11.8 Å². The lowest BCUT2D eigenvalue weighted by molar-refractivity contribution is 0.392. The van der Waals surface area contributed by atoms with Crippen LogP contribution in [0.25, 0.3) is 38.4 Å². The van der Waals surface area contributed by atoms with Gasteiger partial charge in [0, 0.05) is 28.5 Å². The summed E-state index contributed by atoms with van der Waals surface area (Å²) in [4.78, 5) is 4.74. The summed E-state index contributed by atoms with van der Waals surface area (Å²) >= 11 is 0. The van der Waals surface area contributed by atoms with Gasteiger partial charge in [0.15, 0.2) is 0 Å². The van der Waals surface area contributed by atoms with Gasteiger partial charge in [0.25, 0.3) is 0 Å². The molecule has 0 aliphatic heterocycles. The SMILES string of the molecule is CC1(C)C2=CC3c4ccc(-c5cnc6ccccc6c5)cc4C(C)(C)C3C=C2c2cccc3cccc1c23. The van der Waals surface area contributed by atoms with Gasteiger partial charge in [0.2, 0.25) is 0 Å². The molecule has 184 valence electrons. The van der Waals surface area contributed by atoms with E-state index in [2.05, 4.69) is 125 Å². The average Bonchev–Trinajstić information content (AvgIpc) is 3.16. The van der Waals surface area contributed by atoms with E-state index in [9.17, 15) is 0 Å². The summed E-state index contributed by atoms with van der Waals surface area (Å²) in [5.41, 5.74) is 12.2. The van der Waals surface area contributed by atoms with Crippen LogP contribution in [-0.2, 0) is 10.8 Å². The third-order valence-electron chi connectivity index (χ3n) is 9.77. The summed E-state index contributed by atoms with van der Waals surface area (Å²) in [5.74, 6) is 0.823. The van der Waals surface area contributed by atoms with Crippen molar-refractivity contribution in [1.29, 1.82) is 0 Å². The van der Waals surface area contributed by atoms with Crippen molar-refractivity contribution >= 4 is 27.2 Å². The van der Waals surface area contributed by atoms with Gasteiger partial charge in [-0.3, -0.25) is 4.98 Å². The first-order valence-corrected chi connectivity index (χ1v) is 13.8. The summed E-state index contributed by atoms with van der Waals surface area (Å²) in [6, 6.07) is 31.4. The monoisotopic (exact) mass is 489 g/mol. The molecule has 1 heterocycles. The highest BCUT2D eigenvalue weighted by atomic mass is 14.6. The number of pyridine rings is 1. The van der Waals surface area contributed by atoms with Gasteiger partial charge in [-0.25, -0.2) is 0 Å². The van der Waals surface area contributed by atoms with E-state index in [0.717, 1.165) is 5.52 Å². The number of rotatable bonds is 1. The zero-order valence-electron chi connectivity index (χ0n) is 22.4. The highest BCUT2D eigenvalue weighted by molar-refractivity contribution is 6.05. The number of aromatic nitrogens is 1. The van der Waals surface area contributed by atoms with Gasteiger partial charge in [-0.15, -0.1) is 0 Å². The Kier molecular flexibility index (Phi) is 4.25. The third-order valence-corrected chi connectivity index (χ3v) is 9.77. The maximum Gasteiger partial charge on any atom is 0.0702 e. The Morgan fingerprint density at radius 3 is 2.34 bits per heavy atom. The van der Waals surface area contributed by atoms with E-state index in [1.54, 1.807) is 0 Å². The first kappa shape index (κ1) is 22.1. The molecule has 3 aliphatic carbocycles. The number of nitrogens with zero attached hydrogens (tertiary/aromatic N) is 1. The summed E-state index contributed by atoms with van der Waals surface area (Å²) in [7, 11) is 0. The predicted octanol–water partition coefficient (Wildman–Crippen LogP) is 9.36. The maximum absolute atomic E-state index is 4.74. The summed E-state index contributed by atoms with van der Waals surface area (Å²) in [6.07, 6.45) is 7.28. The molecular weight excluding hydrogens is 458 g/mol. The van der Waals surface area contributed by atoms with E-state index in [4.69, 9.17) is 4.98 Å². The minimum absolute atomic E-state index is 0.0321. The number of hydrogen-bond acceptors (Lipinski definition) is 1. The average molecular weight is 490 g/mol. The van der Waals surface area contributed by atoms with Crippen molar-refractivity contribution in [2.75, 3.05) is 0 Å². The van der Waals surface area contributed by atoms with Crippen LogP contribution in [0.3, 0.4) is 0 Å². The van der Waals surface area contributed by atoms with Crippen LogP contribution in [-0.4, -0.2) is 4.98 Å². The van der Waals surface area contributed by atoms with E-state index < -0.39 is 0 Å². The van der Waals surface area contributed by atoms with Crippen LogP contribution in [0.5, 0.6) is 0 Å². The van der Waals surface area contributed by atoms with Crippen molar-refractivity contribution in [2.24, 2.45) is 5.92 Å². The maximum atomic E-state index is 4.74. The van der Waals surface area contributed by atoms with Crippen molar-refractivity contribution in [3.8, 4) is 11.1 Å². The van der Waals surface area contributed by atoms with Gasteiger partial charge in [-0.2, -0.15) is 0 Å². The van der Waals surface area contributed by atoms with Gasteiger partial charge >= 0.3 is 0 Å². The number of para-hydroxylation sites is 1. The molecule has 0 radical (unpaired) electrons. The Morgan fingerprint density at radius 2 is 1.47 bits per heavy atom. The van der Waals surface area contributed by atoms with Crippen molar-refractivity contribution in [3.63, 3.8) is 0 Å². The number of benzene rings is 4. The Balaban J connectivity index is 1.30. The van der Waals surface area contributed by atoms with E-state index in [1.807, 2.05) is 6.20 Å². The van der Waals surface area contributed by atoms with E-state index >= 15 is 0 Å². The van der Waals surface area contributed by atoms with E-state index in [1.165, 1.54) is 60.7 Å². The first-order valence-electron chi connectivity index (χ1n) is 13.8. The normalized spacial score (nSPS) is 21.9. The molecule has 2 unspecified atom stereocenters. The summed E-state index contributed by atoms with van der Waals surface area (Å²) in [6.45, 7) is 9.71. The first-order chi connectivity index (χ1) is 18.3. The Labute approximate surface area is 224 Å². The molecule has 0 fully saturated rings. The topological polar surface area (TPSA) is 12.9 Å². The molecule has 8 rings (SSSR count). The molecule has 5 aromatic rings. The quantitative estimate of drug-likeness (QED) is 0.228. The molecule has 3 aliphatic rings. The fourth-order valence-electron chi connectivity index (χ4n) is 7.69. The van der Waals surface area contributed by atoms with Crippen molar-refractivity contribution < 1.29 is 0 Å². The van der Waals surface area contributed by atoms with E-state index in [-0.39, 0.29) is 10.8 Å². The molecule has 1 aromatic heterocycles. The molecule has 0 bridgehead atoms. The third kappa shape index (κ3) is 2.80. The standard InChI is InChI=1S/C37H31N/c1-36(2)30-13-8-11-22-10-7-12-27(35(22)30)29-20-32-28(19-33(29)36)26-16-15-23(18-31(26)37(32,3)4)25-17-24-9-5-6-14-34(24)38-21-25/h5-21,28,32H,1-4H3. The van der Waals surface area contributed by atoms with Crippen LogP contribution >= 0.6 is 0 Å². The lowest BCUT2D eigenvalue weighted by atomic mass is 9.61. The Bertz CT molecular complexity index is 1880. The molecule has 0 N–H and O–H groups in total. The fraction of sp³-hybridized carbons (Fsp3) is 0.216. The molecule has 1 nitrogen and oxygen atoms in total. The molecular formula is C37H31N. The minimum Gasteiger partial charge on any atom is -0.256 e. The highest BCUT2D eigenvalue weighted by Crippen LogP contribution is 2.60. The van der Waals surface area contributed by atoms with Gasteiger partial charge in [-0.05, 0) is 73.2 Å². The molecule has 0 saturated heterocycles. The molecule has 0 saturated carbocycles. The van der Waals surface area contributed by atoms with Crippen LogP contribution < -0.4 is 0 Å². The van der Waals surface area contributed by atoms with Crippen molar-refractivity contribution in [2.45, 2.75) is 44.4 Å². The van der Waals surface area contributed by atoms with Crippen LogP contribution in [0.1, 0.15) is 55.9 Å². The minimum atomic E-state index is -0.0335. The molecule has 1 heteroatoms. The van der Waals surface area contributed by atoms with Crippen LogP contribution in [0, 0.1) is 5.92 Å². The van der Waals surface area contributed by atoms with Crippen LogP contribution in [0.2, 0.25) is 0 Å². The molecule has 2 atom stereocenters. The molecule has 38 heavy (non-hydrogen) atoms. The summed E-state index contributed by atoms with van der Waals surface area (Å²) in [5, 5.41) is 3.96. The van der Waals surface area contributed by atoms with Crippen molar-refractivity contribution in [1.82, 2.24) is 4.98 Å². The molecule has 0 amide bonds. The number of hydrogen-bond donors (Lipinski definition) is 0. The highest BCUT2D eigenvalue weighted by Gasteiger charge is 2.48. The second-order valence-corrected chi connectivity index (χ2v) is 12.5. The Morgan fingerprint density at radius 1 is 0.684 bits per heavy atom. The lowest BCUT2D eigenvalue weighted by Gasteiger charge is -2.42. The Hall–Kier alpha value is -3.97. The fourth-order valence-corrected chi connectivity index (χ4v) is 7.69. The summed E-state index contributed by atoms with van der Waals surface area (Å²) < 4.78 is 0. The number of fused-ring (bicyclic) bond motifs is 6. The molecule has 0 spiro atoms. The van der Waals surface area contributed by atoms with Gasteiger partial charge in [0.1, 0.15) is 0 Å². The van der Waals surface area contributed by atoms with Crippen LogP contribution in [0.4, 0.5) is 0 Å². The zero-order chi connectivity index (χ0) is 25.8. The second kappa shape index (κ2) is 7.32. The molecule has 4 aromatic carbocycles. The largest absolute Gasteiger partial charge is 0.256 e. The van der Waals surface area contributed by atoms with Gasteiger partial charge in [0.05, 0.1) is 5.52 Å².